The molecule has 0 amide bonds. The van der Waals surface area contributed by atoms with Crippen LogP contribution in [0.5, 0.6) is 17.2 Å². The largest absolute Gasteiger partial charge is 0.454 e. The van der Waals surface area contributed by atoms with Crippen molar-refractivity contribution in [2.45, 2.75) is 26.2 Å². The summed E-state index contributed by atoms with van der Waals surface area (Å²) in [6.07, 6.45) is 2.04. The molecule has 2 aromatic rings. The molecule has 128 valence electrons. The van der Waals surface area contributed by atoms with E-state index in [1.807, 2.05) is 6.92 Å². The summed E-state index contributed by atoms with van der Waals surface area (Å²) in [6.45, 7) is 2.00. The normalized spacial score (nSPS) is 10.5. The van der Waals surface area contributed by atoms with Gasteiger partial charge in [0.25, 0.3) is 0 Å². The molecular weight excluding hydrogens is 417 g/mol. The van der Waals surface area contributed by atoms with E-state index in [9.17, 15) is 4.79 Å². The van der Waals surface area contributed by atoms with Crippen LogP contribution in [0.15, 0.2) is 34.8 Å². The Kier molecular flexibility index (Phi) is 6.78. The second kappa shape index (κ2) is 8.60. The van der Waals surface area contributed by atoms with E-state index in [2.05, 4.69) is 15.9 Å². The molecular formula is C17H16BrCl2NO3. The molecule has 0 aromatic heterocycles. The number of unbranched alkanes of at least 4 members (excludes halogenated alkanes) is 1. The predicted molar refractivity (Wildman–Crippen MR) is 100 cm³/mol. The van der Waals surface area contributed by atoms with Gasteiger partial charge in [0.1, 0.15) is 11.5 Å². The van der Waals surface area contributed by atoms with Crippen molar-refractivity contribution in [1.82, 2.24) is 0 Å². The third-order valence-electron chi connectivity index (χ3n) is 3.13. The first-order chi connectivity index (χ1) is 11.4. The van der Waals surface area contributed by atoms with Crippen LogP contribution >= 0.6 is 39.1 Å². The summed E-state index contributed by atoms with van der Waals surface area (Å²) < 4.78 is 11.6. The maximum absolute atomic E-state index is 11.7. The topological polar surface area (TPSA) is 61.5 Å². The number of rotatable bonds is 6. The van der Waals surface area contributed by atoms with Crippen LogP contribution in [0.1, 0.15) is 26.2 Å². The zero-order valence-electron chi connectivity index (χ0n) is 12.9. The van der Waals surface area contributed by atoms with Crippen LogP contribution in [0.4, 0.5) is 5.69 Å². The third-order valence-corrected chi connectivity index (χ3v) is 4.38. The Morgan fingerprint density at radius 2 is 1.83 bits per heavy atom. The Hall–Kier alpha value is -1.43. The number of hydrogen-bond acceptors (Lipinski definition) is 4. The molecule has 0 fully saturated rings. The molecule has 2 rings (SSSR count). The smallest absolute Gasteiger partial charge is 0.311 e. The van der Waals surface area contributed by atoms with Gasteiger partial charge in [-0.3, -0.25) is 4.79 Å². The molecule has 0 radical (unpaired) electrons. The first kappa shape index (κ1) is 18.9. The highest BCUT2D eigenvalue weighted by molar-refractivity contribution is 9.10. The number of hydrogen-bond donors (Lipinski definition) is 1. The van der Waals surface area contributed by atoms with Crippen molar-refractivity contribution in [3.8, 4) is 17.2 Å². The Morgan fingerprint density at radius 3 is 2.42 bits per heavy atom. The van der Waals surface area contributed by atoms with E-state index in [-0.39, 0.29) is 27.5 Å². The lowest BCUT2D eigenvalue weighted by Crippen LogP contribution is -2.07. The number of nitrogen functional groups attached to an aromatic ring is 1. The highest BCUT2D eigenvalue weighted by atomic mass is 79.9. The van der Waals surface area contributed by atoms with Gasteiger partial charge >= 0.3 is 5.97 Å². The number of ether oxygens (including phenoxy) is 2. The maximum atomic E-state index is 11.7. The van der Waals surface area contributed by atoms with Gasteiger partial charge in [0.15, 0.2) is 5.75 Å². The van der Waals surface area contributed by atoms with Crippen molar-refractivity contribution >= 4 is 50.8 Å². The lowest BCUT2D eigenvalue weighted by atomic mass is 10.2. The summed E-state index contributed by atoms with van der Waals surface area (Å²) in [4.78, 5) is 11.7. The first-order valence-electron chi connectivity index (χ1n) is 7.33. The predicted octanol–water partition coefficient (Wildman–Crippen LogP) is 6.23. The summed E-state index contributed by atoms with van der Waals surface area (Å²) in [7, 11) is 0. The van der Waals surface area contributed by atoms with Crippen molar-refractivity contribution in [1.29, 1.82) is 0 Å². The Labute approximate surface area is 159 Å². The molecule has 0 aliphatic heterocycles. The summed E-state index contributed by atoms with van der Waals surface area (Å²) in [5.74, 6) is 0.771. The van der Waals surface area contributed by atoms with Crippen LogP contribution < -0.4 is 15.2 Å². The zero-order valence-corrected chi connectivity index (χ0v) is 16.0. The summed E-state index contributed by atoms with van der Waals surface area (Å²) in [5, 5.41) is 0.488. The van der Waals surface area contributed by atoms with E-state index < -0.39 is 0 Å². The standard InChI is InChI=1S/C17H16BrCl2NO3/c1-2-3-4-16(22)23-11-8-13(19)17(14(20)9-11)24-10-5-6-15(21)12(18)7-10/h5-9H,2-4,21H2,1H3. The van der Waals surface area contributed by atoms with Crippen molar-refractivity contribution < 1.29 is 14.3 Å². The van der Waals surface area contributed by atoms with Gasteiger partial charge in [-0.1, -0.05) is 36.5 Å². The minimum Gasteiger partial charge on any atom is -0.454 e. The van der Waals surface area contributed by atoms with Crippen molar-refractivity contribution in [3.63, 3.8) is 0 Å². The van der Waals surface area contributed by atoms with E-state index in [1.54, 1.807) is 18.2 Å². The fraction of sp³-hybridized carbons (Fsp3) is 0.235. The Bertz CT molecular complexity index is 730. The van der Waals surface area contributed by atoms with Gasteiger partial charge in [-0.2, -0.15) is 0 Å². The van der Waals surface area contributed by atoms with Gasteiger partial charge in [-0.15, -0.1) is 0 Å². The SMILES string of the molecule is CCCCC(=O)Oc1cc(Cl)c(Oc2ccc(N)c(Br)c2)c(Cl)c1. The number of carbonyl (C=O) groups excluding carboxylic acids is 1. The van der Waals surface area contributed by atoms with Gasteiger partial charge in [0, 0.05) is 28.7 Å². The average molecular weight is 433 g/mol. The van der Waals surface area contributed by atoms with Crippen LogP contribution in [-0.4, -0.2) is 5.97 Å². The van der Waals surface area contributed by atoms with Gasteiger partial charge in [0.2, 0.25) is 0 Å². The van der Waals surface area contributed by atoms with E-state index >= 15 is 0 Å². The highest BCUT2D eigenvalue weighted by Gasteiger charge is 2.14. The molecule has 0 heterocycles. The quantitative estimate of drug-likeness (QED) is 0.334. The second-order valence-electron chi connectivity index (χ2n) is 5.08. The summed E-state index contributed by atoms with van der Waals surface area (Å²) in [5.41, 5.74) is 6.33. The van der Waals surface area contributed by atoms with Crippen LogP contribution in [0.2, 0.25) is 10.0 Å². The molecule has 0 aliphatic rings. The minimum absolute atomic E-state index is 0.244. The van der Waals surface area contributed by atoms with E-state index in [0.29, 0.717) is 22.3 Å². The summed E-state index contributed by atoms with van der Waals surface area (Å²) in [6, 6.07) is 8.11. The molecule has 4 nitrogen and oxygen atoms in total. The Morgan fingerprint density at radius 1 is 1.17 bits per heavy atom. The van der Waals surface area contributed by atoms with Gasteiger partial charge in [-0.05, 0) is 40.5 Å². The van der Waals surface area contributed by atoms with Crippen LogP contribution in [0, 0.1) is 0 Å². The molecule has 0 saturated carbocycles. The molecule has 0 unspecified atom stereocenters. The first-order valence-corrected chi connectivity index (χ1v) is 8.88. The van der Waals surface area contributed by atoms with E-state index in [1.165, 1.54) is 12.1 Å². The fourth-order valence-electron chi connectivity index (χ4n) is 1.89. The lowest BCUT2D eigenvalue weighted by molar-refractivity contribution is -0.134. The highest BCUT2D eigenvalue weighted by Crippen LogP contribution is 2.40. The molecule has 2 aromatic carbocycles. The molecule has 0 atom stereocenters. The Balaban J connectivity index is 2.17. The number of nitrogens with two attached hydrogens (primary N) is 1. The van der Waals surface area contributed by atoms with Crippen LogP contribution in [0.25, 0.3) is 0 Å². The van der Waals surface area contributed by atoms with Gasteiger partial charge < -0.3 is 15.2 Å². The van der Waals surface area contributed by atoms with Crippen molar-refractivity contribution in [3.05, 3.63) is 44.8 Å². The third kappa shape index (κ3) is 5.03. The van der Waals surface area contributed by atoms with Gasteiger partial charge in [-0.25, -0.2) is 0 Å². The average Bonchev–Trinajstić information content (AvgIpc) is 2.52. The minimum atomic E-state index is -0.319. The molecule has 2 N–H and O–H groups in total. The molecule has 0 bridgehead atoms. The van der Waals surface area contributed by atoms with Crippen LogP contribution in [-0.2, 0) is 4.79 Å². The molecule has 24 heavy (non-hydrogen) atoms. The zero-order chi connectivity index (χ0) is 17.7. The van der Waals surface area contributed by atoms with Crippen LogP contribution in [0.3, 0.4) is 0 Å². The molecule has 0 spiro atoms. The number of carbonyl (C=O) groups is 1. The number of esters is 1. The summed E-state index contributed by atoms with van der Waals surface area (Å²) >= 11 is 15.7. The number of benzene rings is 2. The molecule has 7 heteroatoms. The number of halogens is 3. The fourth-order valence-corrected chi connectivity index (χ4v) is 2.79. The maximum Gasteiger partial charge on any atom is 0.311 e. The monoisotopic (exact) mass is 431 g/mol. The van der Waals surface area contributed by atoms with E-state index in [4.69, 9.17) is 38.4 Å². The lowest BCUT2D eigenvalue weighted by Gasteiger charge is -2.12. The van der Waals surface area contributed by atoms with E-state index in [0.717, 1.165) is 12.8 Å². The number of anilines is 1. The van der Waals surface area contributed by atoms with Crippen molar-refractivity contribution in [2.75, 3.05) is 5.73 Å². The van der Waals surface area contributed by atoms with Crippen molar-refractivity contribution in [2.24, 2.45) is 0 Å². The van der Waals surface area contributed by atoms with Gasteiger partial charge in [0.05, 0.1) is 10.0 Å². The molecule has 0 saturated heterocycles. The second-order valence-corrected chi connectivity index (χ2v) is 6.75. The molecule has 0 aliphatic carbocycles.